The Morgan fingerprint density at radius 3 is 2.39 bits per heavy atom. The van der Waals surface area contributed by atoms with Crippen LogP contribution in [0.1, 0.15) is 42.4 Å². The molecule has 1 N–H and O–H groups in total. The van der Waals surface area contributed by atoms with Gasteiger partial charge in [0, 0.05) is 25.3 Å². The summed E-state index contributed by atoms with van der Waals surface area (Å²) < 4.78 is 20.2. The van der Waals surface area contributed by atoms with Crippen LogP contribution in [0.15, 0.2) is 48.5 Å². The van der Waals surface area contributed by atoms with E-state index in [-0.39, 0.29) is 36.2 Å². The van der Waals surface area contributed by atoms with Crippen LogP contribution in [-0.4, -0.2) is 38.3 Å². The summed E-state index contributed by atoms with van der Waals surface area (Å²) in [6, 6.07) is 16.1. The van der Waals surface area contributed by atoms with Gasteiger partial charge in [-0.3, -0.25) is 0 Å². The second-order valence-electron chi connectivity index (χ2n) is 8.80. The quantitative estimate of drug-likeness (QED) is 0.618. The molecule has 0 amide bonds. The predicted molar refractivity (Wildman–Crippen MR) is 130 cm³/mol. The average Bonchev–Trinajstić information content (AvgIpc) is 2.75. The van der Waals surface area contributed by atoms with Crippen LogP contribution in [0.3, 0.4) is 0 Å². The summed E-state index contributed by atoms with van der Waals surface area (Å²) in [5, 5.41) is 3.72. The van der Waals surface area contributed by atoms with Crippen molar-refractivity contribution in [3.63, 3.8) is 0 Å². The van der Waals surface area contributed by atoms with E-state index < -0.39 is 0 Å². The van der Waals surface area contributed by atoms with E-state index in [1.54, 1.807) is 12.1 Å². The first-order valence-electron chi connectivity index (χ1n) is 11.0. The minimum absolute atomic E-state index is 0. The number of benzene rings is 2. The number of nitrogens with zero attached hydrogens (tertiary/aromatic N) is 1. The van der Waals surface area contributed by atoms with Gasteiger partial charge in [0.05, 0.1) is 5.54 Å². The van der Waals surface area contributed by atoms with Crippen LogP contribution in [0.5, 0.6) is 0 Å². The van der Waals surface area contributed by atoms with Gasteiger partial charge in [0.2, 0.25) is 0 Å². The Hall–Kier alpha value is -1.17. The molecule has 0 unspecified atom stereocenters. The van der Waals surface area contributed by atoms with E-state index in [1.807, 2.05) is 12.1 Å². The molecule has 2 fully saturated rings. The third-order valence-corrected chi connectivity index (χ3v) is 6.72. The van der Waals surface area contributed by atoms with Gasteiger partial charge in [0.1, 0.15) is 5.82 Å². The Bertz CT molecular complexity index is 806. The monoisotopic (exact) mass is 468 g/mol. The Morgan fingerprint density at radius 1 is 1.00 bits per heavy atom. The highest BCUT2D eigenvalue weighted by molar-refractivity contribution is 5.85. The third kappa shape index (κ3) is 6.66. The van der Waals surface area contributed by atoms with Crippen LogP contribution in [0.4, 0.5) is 4.39 Å². The molecule has 6 heteroatoms. The van der Waals surface area contributed by atoms with E-state index >= 15 is 0 Å². The summed E-state index contributed by atoms with van der Waals surface area (Å²) in [6.45, 7) is 4.49. The van der Waals surface area contributed by atoms with Crippen LogP contribution in [0.25, 0.3) is 0 Å². The van der Waals surface area contributed by atoms with Crippen molar-refractivity contribution in [3.05, 3.63) is 71.0 Å². The molecule has 31 heavy (non-hydrogen) atoms. The van der Waals surface area contributed by atoms with Gasteiger partial charge in [0.25, 0.3) is 0 Å². The van der Waals surface area contributed by atoms with Crippen molar-refractivity contribution >= 4 is 24.8 Å². The molecule has 0 atom stereocenters. The summed E-state index contributed by atoms with van der Waals surface area (Å²) in [6.07, 6.45) is 5.32. The number of rotatable bonds is 6. The molecule has 0 spiro atoms. The Balaban J connectivity index is 0.00000171. The van der Waals surface area contributed by atoms with Crippen molar-refractivity contribution in [1.29, 1.82) is 0 Å². The average molecular weight is 469 g/mol. The van der Waals surface area contributed by atoms with Crippen molar-refractivity contribution in [3.8, 4) is 0 Å². The highest BCUT2D eigenvalue weighted by Gasteiger charge is 2.36. The smallest absolute Gasteiger partial charge is 0.128 e. The van der Waals surface area contributed by atoms with Crippen LogP contribution in [0.2, 0.25) is 0 Å². The molecule has 0 radical (unpaired) electrons. The molecule has 2 heterocycles. The molecule has 172 valence electrons. The zero-order valence-corrected chi connectivity index (χ0v) is 20.0. The largest absolute Gasteiger partial charge is 0.381 e. The van der Waals surface area contributed by atoms with E-state index in [1.165, 1.54) is 37.1 Å². The highest BCUT2D eigenvalue weighted by Crippen LogP contribution is 2.34. The van der Waals surface area contributed by atoms with E-state index in [2.05, 4.69) is 41.5 Å². The molecule has 3 nitrogen and oxygen atoms in total. The van der Waals surface area contributed by atoms with Gasteiger partial charge in [0.15, 0.2) is 0 Å². The van der Waals surface area contributed by atoms with Gasteiger partial charge in [-0.15, -0.1) is 24.8 Å². The lowest BCUT2D eigenvalue weighted by atomic mass is 9.82. The fourth-order valence-corrected chi connectivity index (χ4v) is 4.85. The Morgan fingerprint density at radius 2 is 1.68 bits per heavy atom. The molecule has 2 aromatic rings. The molecule has 0 bridgehead atoms. The summed E-state index contributed by atoms with van der Waals surface area (Å²) >= 11 is 0. The van der Waals surface area contributed by atoms with E-state index in [9.17, 15) is 4.39 Å². The van der Waals surface area contributed by atoms with Crippen LogP contribution >= 0.6 is 24.8 Å². The molecule has 0 saturated carbocycles. The summed E-state index contributed by atoms with van der Waals surface area (Å²) in [7, 11) is 2.21. The van der Waals surface area contributed by atoms with Crippen molar-refractivity contribution in [2.45, 2.75) is 44.2 Å². The van der Waals surface area contributed by atoms with Gasteiger partial charge >= 0.3 is 0 Å². The Labute approximate surface area is 198 Å². The first kappa shape index (κ1) is 26.1. The molecule has 0 aliphatic carbocycles. The first-order valence-corrected chi connectivity index (χ1v) is 11.0. The lowest BCUT2D eigenvalue weighted by molar-refractivity contribution is 0.0344. The summed E-state index contributed by atoms with van der Waals surface area (Å²) in [5.74, 6) is 0.660. The second kappa shape index (κ2) is 12.2. The molecular formula is C25H35Cl2FN2O. The zero-order valence-electron chi connectivity index (χ0n) is 18.3. The van der Waals surface area contributed by atoms with Crippen molar-refractivity contribution in [1.82, 2.24) is 10.2 Å². The SMILES string of the molecule is CN1CCC(Cc2cccc(CNC3(c4ccccc4F)CCOCC3)c2)CC1.Cl.Cl. The lowest BCUT2D eigenvalue weighted by Gasteiger charge is -2.39. The minimum atomic E-state index is -0.354. The summed E-state index contributed by atoms with van der Waals surface area (Å²) in [4.78, 5) is 2.42. The van der Waals surface area contributed by atoms with Crippen LogP contribution in [-0.2, 0) is 23.2 Å². The fraction of sp³-hybridized carbons (Fsp3) is 0.520. The number of halogens is 3. The van der Waals surface area contributed by atoms with Crippen molar-refractivity contribution in [2.75, 3.05) is 33.4 Å². The number of piperidine rings is 1. The number of likely N-dealkylation sites (tertiary alicyclic amines) is 1. The topological polar surface area (TPSA) is 24.5 Å². The standard InChI is InChI=1S/C25H33FN2O.2ClH/c1-28-13-9-20(10-14-28)17-21-5-4-6-22(18-21)19-27-25(11-15-29-16-12-25)23-7-2-3-8-24(23)26;;/h2-8,18,20,27H,9-17,19H2,1H3;2*1H. The van der Waals surface area contributed by atoms with Crippen molar-refractivity contribution < 1.29 is 9.13 Å². The first-order chi connectivity index (χ1) is 14.1. The maximum atomic E-state index is 14.6. The van der Waals surface area contributed by atoms with Crippen LogP contribution in [0, 0.1) is 11.7 Å². The molecular weight excluding hydrogens is 434 g/mol. The zero-order chi connectivity index (χ0) is 20.1. The molecule has 2 aliphatic heterocycles. The number of ether oxygens (including phenoxy) is 1. The molecule has 2 aromatic carbocycles. The lowest BCUT2D eigenvalue weighted by Crippen LogP contribution is -2.47. The van der Waals surface area contributed by atoms with Gasteiger partial charge < -0.3 is 15.0 Å². The second-order valence-corrected chi connectivity index (χ2v) is 8.80. The number of nitrogens with one attached hydrogen (secondary N) is 1. The predicted octanol–water partition coefficient (Wildman–Crippen LogP) is 5.35. The van der Waals surface area contributed by atoms with Gasteiger partial charge in [-0.1, -0.05) is 42.5 Å². The molecule has 2 aliphatic rings. The summed E-state index contributed by atoms with van der Waals surface area (Å²) in [5.41, 5.74) is 3.11. The number of hydrogen-bond acceptors (Lipinski definition) is 3. The molecule has 4 rings (SSSR count). The fourth-order valence-electron chi connectivity index (χ4n) is 4.85. The highest BCUT2D eigenvalue weighted by atomic mass is 35.5. The van der Waals surface area contributed by atoms with Crippen molar-refractivity contribution in [2.24, 2.45) is 5.92 Å². The van der Waals surface area contributed by atoms with E-state index in [4.69, 9.17) is 4.74 Å². The van der Waals surface area contributed by atoms with E-state index in [0.717, 1.165) is 37.3 Å². The van der Waals surface area contributed by atoms with Gasteiger partial charge in [-0.25, -0.2) is 4.39 Å². The third-order valence-electron chi connectivity index (χ3n) is 6.72. The maximum absolute atomic E-state index is 14.6. The molecule has 0 aromatic heterocycles. The number of hydrogen-bond donors (Lipinski definition) is 1. The maximum Gasteiger partial charge on any atom is 0.128 e. The van der Waals surface area contributed by atoms with Crippen LogP contribution < -0.4 is 5.32 Å². The normalized spacial score (nSPS) is 19.3. The van der Waals surface area contributed by atoms with Gasteiger partial charge in [-0.2, -0.15) is 0 Å². The van der Waals surface area contributed by atoms with Gasteiger partial charge in [-0.05, 0) is 75.4 Å². The minimum Gasteiger partial charge on any atom is -0.381 e. The van der Waals surface area contributed by atoms with E-state index in [0.29, 0.717) is 13.2 Å². The Kier molecular flexibility index (Phi) is 10.2. The molecule has 2 saturated heterocycles.